The van der Waals surface area contributed by atoms with Crippen LogP contribution in [0.2, 0.25) is 0 Å². The minimum atomic E-state index is -4.86. The fourth-order valence-corrected chi connectivity index (χ4v) is 2.29. The SMILES string of the molecule is CC(C)NC(=O)c1c[nH]c2ncc(Oc3ccccc3OC(F)(F)F)nc12. The molecule has 0 fully saturated rings. The zero-order valence-electron chi connectivity index (χ0n) is 14.3. The molecule has 27 heavy (non-hydrogen) atoms. The van der Waals surface area contributed by atoms with Gasteiger partial charge in [-0.25, -0.2) is 9.97 Å². The highest BCUT2D eigenvalue weighted by Gasteiger charge is 2.32. The summed E-state index contributed by atoms with van der Waals surface area (Å²) in [6, 6.07) is 5.20. The number of nitrogens with one attached hydrogen (secondary N) is 2. The first-order valence-corrected chi connectivity index (χ1v) is 7.90. The van der Waals surface area contributed by atoms with Crippen LogP contribution in [0.1, 0.15) is 24.2 Å². The van der Waals surface area contributed by atoms with Gasteiger partial charge in [0.05, 0.1) is 11.8 Å². The second-order valence-corrected chi connectivity index (χ2v) is 5.83. The minimum absolute atomic E-state index is 0.0822. The number of carbonyl (C=O) groups excluding carboxylic acids is 1. The minimum Gasteiger partial charge on any atom is -0.434 e. The molecule has 0 aliphatic heterocycles. The number of amides is 1. The van der Waals surface area contributed by atoms with E-state index in [4.69, 9.17) is 4.74 Å². The van der Waals surface area contributed by atoms with E-state index in [1.165, 1.54) is 30.6 Å². The van der Waals surface area contributed by atoms with Crippen molar-refractivity contribution in [3.63, 3.8) is 0 Å². The molecule has 0 bridgehead atoms. The zero-order valence-corrected chi connectivity index (χ0v) is 14.3. The summed E-state index contributed by atoms with van der Waals surface area (Å²) in [6.07, 6.45) is -2.18. The lowest BCUT2D eigenvalue weighted by molar-refractivity contribution is -0.275. The van der Waals surface area contributed by atoms with Gasteiger partial charge in [-0.2, -0.15) is 0 Å². The first-order chi connectivity index (χ1) is 12.7. The Morgan fingerprint density at radius 3 is 2.59 bits per heavy atom. The summed E-state index contributed by atoms with van der Waals surface area (Å²) >= 11 is 0. The van der Waals surface area contributed by atoms with Crippen molar-refractivity contribution in [2.45, 2.75) is 26.3 Å². The summed E-state index contributed by atoms with van der Waals surface area (Å²) in [7, 11) is 0. The van der Waals surface area contributed by atoms with Crippen LogP contribution >= 0.6 is 0 Å². The molecule has 1 aromatic carbocycles. The van der Waals surface area contributed by atoms with E-state index in [1.807, 2.05) is 13.8 Å². The van der Waals surface area contributed by atoms with Gasteiger partial charge in [-0.1, -0.05) is 12.1 Å². The molecule has 0 atom stereocenters. The smallest absolute Gasteiger partial charge is 0.434 e. The summed E-state index contributed by atoms with van der Waals surface area (Å²) in [4.78, 5) is 23.3. The van der Waals surface area contributed by atoms with Gasteiger partial charge < -0.3 is 19.8 Å². The first-order valence-electron chi connectivity index (χ1n) is 7.90. The van der Waals surface area contributed by atoms with Crippen LogP contribution < -0.4 is 14.8 Å². The molecule has 0 saturated carbocycles. The fourth-order valence-electron chi connectivity index (χ4n) is 2.29. The van der Waals surface area contributed by atoms with Gasteiger partial charge in [0.15, 0.2) is 17.1 Å². The summed E-state index contributed by atoms with van der Waals surface area (Å²) in [6.45, 7) is 3.62. The van der Waals surface area contributed by atoms with Gasteiger partial charge in [0.25, 0.3) is 5.91 Å². The second kappa shape index (κ2) is 7.14. The monoisotopic (exact) mass is 380 g/mol. The molecular formula is C17H15F3N4O3. The Morgan fingerprint density at radius 1 is 1.22 bits per heavy atom. The molecular weight excluding hydrogens is 365 g/mol. The number of aromatic amines is 1. The lowest BCUT2D eigenvalue weighted by Crippen LogP contribution is -2.29. The maximum absolute atomic E-state index is 12.5. The Labute approximate surface area is 151 Å². The third-order valence-corrected chi connectivity index (χ3v) is 3.31. The predicted molar refractivity (Wildman–Crippen MR) is 89.7 cm³/mol. The number of aromatic nitrogens is 3. The molecule has 1 amide bonds. The van der Waals surface area contributed by atoms with Crippen molar-refractivity contribution in [2.24, 2.45) is 0 Å². The molecule has 7 nitrogen and oxygen atoms in total. The number of nitrogens with zero attached hydrogens (tertiary/aromatic N) is 2. The number of ether oxygens (including phenoxy) is 2. The molecule has 2 aromatic heterocycles. The molecule has 0 saturated heterocycles. The molecule has 0 aliphatic carbocycles. The Bertz CT molecular complexity index is 969. The quantitative estimate of drug-likeness (QED) is 0.703. The topological polar surface area (TPSA) is 89.1 Å². The Morgan fingerprint density at radius 2 is 1.93 bits per heavy atom. The van der Waals surface area contributed by atoms with Gasteiger partial charge in [-0.15, -0.1) is 13.2 Å². The molecule has 0 radical (unpaired) electrons. The summed E-state index contributed by atoms with van der Waals surface area (Å²) in [5, 5.41) is 2.73. The Kier molecular flexibility index (Phi) is 4.89. The van der Waals surface area contributed by atoms with Crippen molar-refractivity contribution in [2.75, 3.05) is 0 Å². The fraction of sp³-hybridized carbons (Fsp3) is 0.235. The molecule has 2 N–H and O–H groups in total. The molecule has 10 heteroatoms. The van der Waals surface area contributed by atoms with Crippen LogP contribution in [0.3, 0.4) is 0 Å². The van der Waals surface area contributed by atoms with Crippen molar-refractivity contribution < 1.29 is 27.4 Å². The van der Waals surface area contributed by atoms with Crippen LogP contribution in [0.15, 0.2) is 36.7 Å². The number of H-pyrrole nitrogens is 1. The van der Waals surface area contributed by atoms with Crippen LogP contribution in [0.5, 0.6) is 17.4 Å². The number of fused-ring (bicyclic) bond motifs is 1. The predicted octanol–water partition coefficient (Wildman–Crippen LogP) is 3.79. The number of alkyl halides is 3. The molecule has 3 rings (SSSR count). The van der Waals surface area contributed by atoms with E-state index in [9.17, 15) is 18.0 Å². The number of rotatable bonds is 5. The number of para-hydroxylation sites is 2. The second-order valence-electron chi connectivity index (χ2n) is 5.83. The average Bonchev–Trinajstić information content (AvgIpc) is 2.98. The van der Waals surface area contributed by atoms with Crippen molar-refractivity contribution in [1.29, 1.82) is 0 Å². The van der Waals surface area contributed by atoms with Gasteiger partial charge >= 0.3 is 6.36 Å². The van der Waals surface area contributed by atoms with Crippen molar-refractivity contribution >= 4 is 17.1 Å². The van der Waals surface area contributed by atoms with Crippen molar-refractivity contribution in [1.82, 2.24) is 20.3 Å². The number of hydrogen-bond donors (Lipinski definition) is 2. The van der Waals surface area contributed by atoms with Crippen LogP contribution in [0, 0.1) is 0 Å². The first kappa shape index (κ1) is 18.5. The highest BCUT2D eigenvalue weighted by Crippen LogP contribution is 2.34. The maximum atomic E-state index is 12.5. The number of carbonyl (C=O) groups is 1. The van der Waals surface area contributed by atoms with Gasteiger partial charge in [0.2, 0.25) is 5.88 Å². The van der Waals surface area contributed by atoms with Crippen LogP contribution in [0.4, 0.5) is 13.2 Å². The largest absolute Gasteiger partial charge is 0.573 e. The number of benzene rings is 1. The van der Waals surface area contributed by atoms with E-state index in [-0.39, 0.29) is 34.7 Å². The van der Waals surface area contributed by atoms with Crippen molar-refractivity contribution in [3.8, 4) is 17.4 Å². The summed E-state index contributed by atoms with van der Waals surface area (Å²) in [5.41, 5.74) is 0.826. The maximum Gasteiger partial charge on any atom is 0.573 e. The molecule has 0 spiro atoms. The average molecular weight is 380 g/mol. The van der Waals surface area contributed by atoms with E-state index in [1.54, 1.807) is 0 Å². The van der Waals surface area contributed by atoms with E-state index in [0.717, 1.165) is 6.07 Å². The van der Waals surface area contributed by atoms with Gasteiger partial charge in [-0.3, -0.25) is 4.79 Å². The third kappa shape index (κ3) is 4.46. The van der Waals surface area contributed by atoms with Crippen molar-refractivity contribution in [3.05, 3.63) is 42.2 Å². The lowest BCUT2D eigenvalue weighted by Gasteiger charge is -2.13. The van der Waals surface area contributed by atoms with Crippen LogP contribution in [-0.4, -0.2) is 33.3 Å². The molecule has 0 unspecified atom stereocenters. The highest BCUT2D eigenvalue weighted by atomic mass is 19.4. The summed E-state index contributed by atoms with van der Waals surface area (Å²) < 4.78 is 46.9. The zero-order chi connectivity index (χ0) is 19.6. The lowest BCUT2D eigenvalue weighted by atomic mass is 10.2. The normalized spacial score (nSPS) is 11.6. The highest BCUT2D eigenvalue weighted by molar-refractivity contribution is 6.04. The molecule has 142 valence electrons. The van der Waals surface area contributed by atoms with Crippen LogP contribution in [0.25, 0.3) is 11.2 Å². The number of hydrogen-bond acceptors (Lipinski definition) is 5. The number of halogens is 3. The van der Waals surface area contributed by atoms with Gasteiger partial charge in [0, 0.05) is 12.2 Å². The standard InChI is InChI=1S/C17H15F3N4O3/c1-9(2)23-16(25)10-7-21-15-14(10)24-13(8-22-15)26-11-5-3-4-6-12(11)27-17(18,19)20/h3-9H,1-2H3,(H,21,22)(H,23,25). The van der Waals surface area contributed by atoms with E-state index in [0.29, 0.717) is 5.65 Å². The summed E-state index contributed by atoms with van der Waals surface area (Å²) in [5.74, 6) is -1.15. The Hall–Kier alpha value is -3.30. The third-order valence-electron chi connectivity index (χ3n) is 3.31. The molecule has 0 aliphatic rings. The van der Waals surface area contributed by atoms with E-state index < -0.39 is 12.1 Å². The van der Waals surface area contributed by atoms with Gasteiger partial charge in [-0.05, 0) is 26.0 Å². The van der Waals surface area contributed by atoms with Gasteiger partial charge in [0.1, 0.15) is 5.52 Å². The Balaban J connectivity index is 1.92. The van der Waals surface area contributed by atoms with E-state index >= 15 is 0 Å². The molecule has 2 heterocycles. The van der Waals surface area contributed by atoms with Crippen LogP contribution in [-0.2, 0) is 0 Å². The molecule has 3 aromatic rings. The van der Waals surface area contributed by atoms with E-state index in [2.05, 4.69) is 25.0 Å².